The summed E-state index contributed by atoms with van der Waals surface area (Å²) in [6, 6.07) is 12.9. The molecule has 3 nitrogen and oxygen atoms in total. The van der Waals surface area contributed by atoms with Gasteiger partial charge in [0.2, 0.25) is 0 Å². The molecule has 1 aliphatic rings. The lowest BCUT2D eigenvalue weighted by Crippen LogP contribution is -2.17. The maximum absolute atomic E-state index is 4.05. The highest BCUT2D eigenvalue weighted by atomic mass is 15.1. The first kappa shape index (κ1) is 12.0. The summed E-state index contributed by atoms with van der Waals surface area (Å²) in [5.74, 6) is 0. The molecule has 0 amide bonds. The van der Waals surface area contributed by atoms with Gasteiger partial charge in [-0.1, -0.05) is 0 Å². The fraction of sp³-hybridized carbons (Fsp3) is 0.312. The second-order valence-corrected chi connectivity index (χ2v) is 4.97. The van der Waals surface area contributed by atoms with Crippen LogP contribution in [-0.2, 0) is 0 Å². The lowest BCUT2D eigenvalue weighted by molar-refractivity contribution is 0.949. The maximum atomic E-state index is 4.05. The van der Waals surface area contributed by atoms with Crippen molar-refractivity contribution >= 4 is 17.1 Å². The number of hydrogen-bond acceptors (Lipinski definition) is 3. The van der Waals surface area contributed by atoms with Crippen LogP contribution < -0.4 is 9.80 Å². The van der Waals surface area contributed by atoms with E-state index in [-0.39, 0.29) is 0 Å². The first-order valence-electron chi connectivity index (χ1n) is 6.83. The molecule has 19 heavy (non-hydrogen) atoms. The van der Waals surface area contributed by atoms with Crippen molar-refractivity contribution in [3.8, 4) is 0 Å². The van der Waals surface area contributed by atoms with E-state index in [0.717, 1.165) is 5.69 Å². The van der Waals surface area contributed by atoms with Crippen molar-refractivity contribution in [2.45, 2.75) is 12.8 Å². The van der Waals surface area contributed by atoms with Crippen LogP contribution in [0, 0.1) is 0 Å². The van der Waals surface area contributed by atoms with Crippen molar-refractivity contribution in [3.63, 3.8) is 0 Å². The largest absolute Gasteiger partial charge is 0.372 e. The van der Waals surface area contributed by atoms with Gasteiger partial charge in [-0.05, 0) is 49.2 Å². The minimum atomic E-state index is 1.16. The summed E-state index contributed by atoms with van der Waals surface area (Å²) in [6.45, 7) is 2.39. The Morgan fingerprint density at radius 3 is 2.11 bits per heavy atom. The molecule has 1 fully saturated rings. The third-order valence-corrected chi connectivity index (χ3v) is 3.76. The van der Waals surface area contributed by atoms with E-state index in [1.807, 2.05) is 24.5 Å². The molecule has 1 saturated heterocycles. The Balaban J connectivity index is 1.78. The van der Waals surface area contributed by atoms with Gasteiger partial charge in [0.05, 0.1) is 0 Å². The van der Waals surface area contributed by atoms with Gasteiger partial charge in [-0.15, -0.1) is 0 Å². The average molecular weight is 253 g/mol. The van der Waals surface area contributed by atoms with Crippen molar-refractivity contribution in [1.29, 1.82) is 0 Å². The van der Waals surface area contributed by atoms with E-state index < -0.39 is 0 Å². The average Bonchev–Trinajstić information content (AvgIpc) is 3.02. The maximum Gasteiger partial charge on any atom is 0.0438 e. The van der Waals surface area contributed by atoms with Crippen LogP contribution in [0.15, 0.2) is 48.8 Å². The number of anilines is 3. The molecule has 0 unspecified atom stereocenters. The van der Waals surface area contributed by atoms with Gasteiger partial charge in [-0.3, -0.25) is 4.98 Å². The molecule has 2 heterocycles. The molecule has 0 aliphatic carbocycles. The van der Waals surface area contributed by atoms with E-state index in [0.29, 0.717) is 0 Å². The monoisotopic (exact) mass is 253 g/mol. The van der Waals surface area contributed by atoms with Crippen LogP contribution >= 0.6 is 0 Å². The van der Waals surface area contributed by atoms with Crippen LogP contribution in [0.4, 0.5) is 17.1 Å². The number of rotatable bonds is 3. The lowest BCUT2D eigenvalue weighted by Gasteiger charge is -2.22. The zero-order valence-electron chi connectivity index (χ0n) is 11.3. The topological polar surface area (TPSA) is 19.4 Å². The summed E-state index contributed by atoms with van der Waals surface area (Å²) in [7, 11) is 2.08. The first-order chi connectivity index (χ1) is 9.34. The number of benzene rings is 1. The van der Waals surface area contributed by atoms with Gasteiger partial charge >= 0.3 is 0 Å². The Kier molecular flexibility index (Phi) is 3.36. The van der Waals surface area contributed by atoms with Crippen LogP contribution in [-0.4, -0.2) is 25.1 Å². The van der Waals surface area contributed by atoms with Crippen molar-refractivity contribution in [1.82, 2.24) is 4.98 Å². The van der Waals surface area contributed by atoms with Crippen LogP contribution in [0.2, 0.25) is 0 Å². The third-order valence-electron chi connectivity index (χ3n) is 3.76. The van der Waals surface area contributed by atoms with E-state index in [1.165, 1.54) is 37.3 Å². The van der Waals surface area contributed by atoms with Crippen LogP contribution in [0.1, 0.15) is 12.8 Å². The first-order valence-corrected chi connectivity index (χ1v) is 6.83. The summed E-state index contributed by atoms with van der Waals surface area (Å²) < 4.78 is 0. The molecule has 0 bridgehead atoms. The Morgan fingerprint density at radius 1 is 0.895 bits per heavy atom. The second kappa shape index (κ2) is 5.31. The van der Waals surface area contributed by atoms with Crippen LogP contribution in [0.25, 0.3) is 0 Å². The van der Waals surface area contributed by atoms with E-state index in [9.17, 15) is 0 Å². The second-order valence-electron chi connectivity index (χ2n) is 4.97. The predicted molar refractivity (Wildman–Crippen MR) is 80.2 cm³/mol. The molecule has 98 valence electrons. The van der Waals surface area contributed by atoms with Gasteiger partial charge < -0.3 is 9.80 Å². The Hall–Kier alpha value is -2.03. The van der Waals surface area contributed by atoms with E-state index in [2.05, 4.69) is 46.1 Å². The van der Waals surface area contributed by atoms with Gasteiger partial charge in [-0.2, -0.15) is 0 Å². The zero-order valence-corrected chi connectivity index (χ0v) is 11.3. The standard InChI is InChI=1S/C16H19N3/c1-18(15-8-10-17-11-9-15)14-4-6-16(7-5-14)19-12-2-3-13-19/h4-11H,2-3,12-13H2,1H3. The highest BCUT2D eigenvalue weighted by Crippen LogP contribution is 2.26. The molecular weight excluding hydrogens is 234 g/mol. The number of pyridine rings is 1. The minimum absolute atomic E-state index is 1.16. The number of nitrogens with zero attached hydrogens (tertiary/aromatic N) is 3. The van der Waals surface area contributed by atoms with Crippen LogP contribution in [0.3, 0.4) is 0 Å². The molecule has 1 aromatic heterocycles. The summed E-state index contributed by atoms with van der Waals surface area (Å²) in [5.41, 5.74) is 3.70. The molecule has 2 aromatic rings. The molecule has 3 heteroatoms. The van der Waals surface area contributed by atoms with Crippen molar-refractivity contribution in [2.24, 2.45) is 0 Å². The Labute approximate surface area is 114 Å². The Morgan fingerprint density at radius 2 is 1.47 bits per heavy atom. The smallest absolute Gasteiger partial charge is 0.0438 e. The predicted octanol–water partition coefficient (Wildman–Crippen LogP) is 3.45. The molecule has 0 saturated carbocycles. The quantitative estimate of drug-likeness (QED) is 0.835. The summed E-state index contributed by atoms with van der Waals surface area (Å²) in [6.07, 6.45) is 6.28. The molecule has 0 spiro atoms. The summed E-state index contributed by atoms with van der Waals surface area (Å²) in [5, 5.41) is 0. The minimum Gasteiger partial charge on any atom is -0.372 e. The van der Waals surface area contributed by atoms with Gasteiger partial charge in [0.15, 0.2) is 0 Å². The molecular formula is C16H19N3. The van der Waals surface area contributed by atoms with Gasteiger partial charge in [0, 0.05) is 49.6 Å². The highest BCUT2D eigenvalue weighted by Gasteiger charge is 2.12. The normalized spacial score (nSPS) is 14.7. The SMILES string of the molecule is CN(c1ccncc1)c1ccc(N2CCCC2)cc1. The summed E-state index contributed by atoms with van der Waals surface area (Å²) in [4.78, 5) is 8.69. The molecule has 1 aliphatic heterocycles. The Bertz CT molecular complexity index is 515. The molecule has 1 aromatic carbocycles. The van der Waals surface area contributed by atoms with Crippen LogP contribution in [0.5, 0.6) is 0 Å². The van der Waals surface area contributed by atoms with Gasteiger partial charge in [0.1, 0.15) is 0 Å². The molecule has 3 rings (SSSR count). The fourth-order valence-corrected chi connectivity index (χ4v) is 2.58. The summed E-state index contributed by atoms with van der Waals surface area (Å²) >= 11 is 0. The van der Waals surface area contributed by atoms with E-state index >= 15 is 0 Å². The highest BCUT2D eigenvalue weighted by molar-refractivity contribution is 5.64. The molecule has 0 radical (unpaired) electrons. The van der Waals surface area contributed by atoms with Crippen molar-refractivity contribution in [3.05, 3.63) is 48.8 Å². The van der Waals surface area contributed by atoms with Gasteiger partial charge in [-0.25, -0.2) is 0 Å². The van der Waals surface area contributed by atoms with E-state index in [1.54, 1.807) is 0 Å². The molecule has 0 atom stereocenters. The number of hydrogen-bond donors (Lipinski definition) is 0. The van der Waals surface area contributed by atoms with Gasteiger partial charge in [0.25, 0.3) is 0 Å². The van der Waals surface area contributed by atoms with Crippen molar-refractivity contribution in [2.75, 3.05) is 29.9 Å². The third kappa shape index (κ3) is 2.55. The number of aromatic nitrogens is 1. The fourth-order valence-electron chi connectivity index (χ4n) is 2.58. The molecule has 0 N–H and O–H groups in total. The zero-order chi connectivity index (χ0) is 13.1. The van der Waals surface area contributed by atoms with E-state index in [4.69, 9.17) is 0 Å². The van der Waals surface area contributed by atoms with Crippen molar-refractivity contribution < 1.29 is 0 Å². The lowest BCUT2D eigenvalue weighted by atomic mass is 10.2.